The second-order valence-electron chi connectivity index (χ2n) is 4.65. The second-order valence-corrected chi connectivity index (χ2v) is 5.06. The molecule has 0 aliphatic heterocycles. The van der Waals surface area contributed by atoms with Gasteiger partial charge in [-0.05, 0) is 12.1 Å². The highest BCUT2D eigenvalue weighted by Crippen LogP contribution is 2.23. The number of benzene rings is 1. The third-order valence-electron chi connectivity index (χ3n) is 3.13. The lowest BCUT2D eigenvalue weighted by atomic mass is 10.1. The van der Waals surface area contributed by atoms with E-state index < -0.39 is 0 Å². The Kier molecular flexibility index (Phi) is 6.04. The zero-order valence-electron chi connectivity index (χ0n) is 12.0. The van der Waals surface area contributed by atoms with Crippen molar-refractivity contribution in [1.82, 2.24) is 9.78 Å². The molecule has 0 amide bonds. The van der Waals surface area contributed by atoms with Gasteiger partial charge in [-0.25, -0.2) is 0 Å². The normalized spacial score (nSPS) is 12.3. The van der Waals surface area contributed by atoms with Gasteiger partial charge in [-0.2, -0.15) is 5.10 Å². The van der Waals surface area contributed by atoms with Crippen molar-refractivity contribution in [3.8, 4) is 5.75 Å². The van der Waals surface area contributed by atoms with Crippen molar-refractivity contribution in [1.29, 1.82) is 0 Å². The first-order chi connectivity index (χ1) is 10.2. The number of hydrogen-bond acceptors (Lipinski definition) is 4. The molecule has 1 atom stereocenters. The molecule has 0 spiro atoms. The van der Waals surface area contributed by atoms with Crippen molar-refractivity contribution in [2.45, 2.75) is 19.0 Å². The maximum absolute atomic E-state index is 6.21. The first kappa shape index (κ1) is 15.8. The number of nitrogens with zero attached hydrogens (tertiary/aromatic N) is 2. The number of ether oxygens (including phenoxy) is 2. The van der Waals surface area contributed by atoms with Crippen LogP contribution < -0.4 is 10.5 Å². The van der Waals surface area contributed by atoms with Crippen LogP contribution in [0.1, 0.15) is 18.2 Å². The summed E-state index contributed by atoms with van der Waals surface area (Å²) in [4.78, 5) is 0. The van der Waals surface area contributed by atoms with E-state index in [2.05, 4.69) is 5.10 Å². The molecule has 1 aromatic heterocycles. The molecular formula is C15H20ClN3O2. The van der Waals surface area contributed by atoms with Crippen molar-refractivity contribution in [2.24, 2.45) is 5.73 Å². The Morgan fingerprint density at radius 1 is 1.29 bits per heavy atom. The van der Waals surface area contributed by atoms with E-state index >= 15 is 0 Å². The second kappa shape index (κ2) is 8.02. The first-order valence-electron chi connectivity index (χ1n) is 6.86. The summed E-state index contributed by atoms with van der Waals surface area (Å²) in [6, 6.07) is 9.44. The molecule has 0 saturated carbocycles. The first-order valence-corrected chi connectivity index (χ1v) is 7.23. The van der Waals surface area contributed by atoms with Gasteiger partial charge in [0, 0.05) is 13.5 Å². The summed E-state index contributed by atoms with van der Waals surface area (Å²) >= 11 is 6.17. The predicted octanol–water partition coefficient (Wildman–Crippen LogP) is 2.65. The highest BCUT2D eigenvalue weighted by molar-refractivity contribution is 6.31. The number of para-hydroxylation sites is 1. The molecule has 21 heavy (non-hydrogen) atoms. The number of nitrogens with two attached hydrogens (primary N) is 1. The molecule has 0 saturated heterocycles. The Morgan fingerprint density at radius 2 is 2.05 bits per heavy atom. The summed E-state index contributed by atoms with van der Waals surface area (Å²) in [6.07, 6.45) is 2.28. The van der Waals surface area contributed by atoms with Crippen molar-refractivity contribution in [3.05, 3.63) is 47.2 Å². The molecule has 114 valence electrons. The molecule has 1 aromatic carbocycles. The average Bonchev–Trinajstić information content (AvgIpc) is 2.87. The van der Waals surface area contributed by atoms with Crippen molar-refractivity contribution >= 4 is 11.6 Å². The summed E-state index contributed by atoms with van der Waals surface area (Å²) in [7, 11) is 1.65. The molecule has 0 fully saturated rings. The monoisotopic (exact) mass is 309 g/mol. The van der Waals surface area contributed by atoms with Crippen LogP contribution in [0.5, 0.6) is 5.75 Å². The summed E-state index contributed by atoms with van der Waals surface area (Å²) in [5, 5.41) is 4.81. The lowest BCUT2D eigenvalue weighted by Gasteiger charge is -2.15. The van der Waals surface area contributed by atoms with Gasteiger partial charge in [0.05, 0.1) is 42.7 Å². The van der Waals surface area contributed by atoms with E-state index in [1.165, 1.54) is 0 Å². The molecule has 0 aliphatic carbocycles. The Morgan fingerprint density at radius 3 is 2.76 bits per heavy atom. The quantitative estimate of drug-likeness (QED) is 0.814. The van der Waals surface area contributed by atoms with E-state index in [4.69, 9.17) is 26.8 Å². The molecule has 0 bridgehead atoms. The van der Waals surface area contributed by atoms with E-state index in [9.17, 15) is 0 Å². The third-order valence-corrected chi connectivity index (χ3v) is 3.42. The van der Waals surface area contributed by atoms with Crippen LogP contribution in [0.3, 0.4) is 0 Å². The van der Waals surface area contributed by atoms with Crippen LogP contribution in [0.25, 0.3) is 0 Å². The topological polar surface area (TPSA) is 62.3 Å². The molecule has 1 heterocycles. The van der Waals surface area contributed by atoms with Gasteiger partial charge < -0.3 is 15.2 Å². The predicted molar refractivity (Wildman–Crippen MR) is 82.6 cm³/mol. The van der Waals surface area contributed by atoms with E-state index in [0.29, 0.717) is 31.2 Å². The van der Waals surface area contributed by atoms with Crippen LogP contribution in [0, 0.1) is 0 Å². The van der Waals surface area contributed by atoms with Crippen LogP contribution in [0.2, 0.25) is 5.02 Å². The van der Waals surface area contributed by atoms with E-state index in [0.717, 1.165) is 11.4 Å². The van der Waals surface area contributed by atoms with Gasteiger partial charge in [0.2, 0.25) is 0 Å². The fourth-order valence-corrected chi connectivity index (χ4v) is 2.34. The standard InChI is InChI=1S/C15H20ClN3O2/c1-20-10-8-19-15(13(16)11-18-19)14(17)7-9-21-12-5-3-2-4-6-12/h2-6,11,14H,7-10,17H2,1H3. The van der Waals surface area contributed by atoms with Crippen molar-refractivity contribution in [2.75, 3.05) is 20.3 Å². The Hall–Kier alpha value is -1.56. The Bertz CT molecular complexity index is 545. The summed E-state index contributed by atoms with van der Waals surface area (Å²) in [5.41, 5.74) is 7.04. The van der Waals surface area contributed by atoms with Crippen LogP contribution in [0.4, 0.5) is 0 Å². The molecular weight excluding hydrogens is 290 g/mol. The largest absolute Gasteiger partial charge is 0.494 e. The molecule has 2 rings (SSSR count). The van der Waals surface area contributed by atoms with Gasteiger partial charge in [0.15, 0.2) is 0 Å². The molecule has 2 N–H and O–H groups in total. The maximum atomic E-state index is 6.21. The molecule has 6 heteroatoms. The molecule has 0 aliphatic rings. The molecule has 1 unspecified atom stereocenters. The Labute approximate surface area is 129 Å². The number of rotatable bonds is 8. The highest BCUT2D eigenvalue weighted by Gasteiger charge is 2.16. The summed E-state index contributed by atoms with van der Waals surface area (Å²) < 4.78 is 12.5. The molecule has 5 nitrogen and oxygen atoms in total. The lowest BCUT2D eigenvalue weighted by Crippen LogP contribution is -2.20. The van der Waals surface area contributed by atoms with Crippen LogP contribution in [0.15, 0.2) is 36.5 Å². The summed E-state index contributed by atoms with van der Waals surface area (Å²) in [6.45, 7) is 1.72. The fourth-order valence-electron chi connectivity index (χ4n) is 2.05. The zero-order chi connectivity index (χ0) is 15.1. The van der Waals surface area contributed by atoms with Gasteiger partial charge in [-0.3, -0.25) is 4.68 Å². The highest BCUT2D eigenvalue weighted by atomic mass is 35.5. The van der Waals surface area contributed by atoms with Gasteiger partial charge in [-0.15, -0.1) is 0 Å². The summed E-state index contributed by atoms with van der Waals surface area (Å²) in [5.74, 6) is 0.837. The minimum Gasteiger partial charge on any atom is -0.494 e. The van der Waals surface area contributed by atoms with E-state index in [1.54, 1.807) is 18.0 Å². The van der Waals surface area contributed by atoms with Gasteiger partial charge >= 0.3 is 0 Å². The van der Waals surface area contributed by atoms with E-state index in [1.807, 2.05) is 30.3 Å². The van der Waals surface area contributed by atoms with Crippen LogP contribution >= 0.6 is 11.6 Å². The molecule has 0 radical (unpaired) electrons. The fraction of sp³-hybridized carbons (Fsp3) is 0.400. The van der Waals surface area contributed by atoms with Crippen LogP contribution in [-0.4, -0.2) is 30.1 Å². The smallest absolute Gasteiger partial charge is 0.119 e. The number of methoxy groups -OCH3 is 1. The third kappa shape index (κ3) is 4.46. The number of halogens is 1. The van der Waals surface area contributed by atoms with Crippen molar-refractivity contribution in [3.63, 3.8) is 0 Å². The number of hydrogen-bond donors (Lipinski definition) is 1. The van der Waals surface area contributed by atoms with E-state index in [-0.39, 0.29) is 6.04 Å². The maximum Gasteiger partial charge on any atom is 0.119 e. The van der Waals surface area contributed by atoms with Gasteiger partial charge in [0.1, 0.15) is 5.75 Å². The van der Waals surface area contributed by atoms with Crippen LogP contribution in [-0.2, 0) is 11.3 Å². The average molecular weight is 310 g/mol. The number of aromatic nitrogens is 2. The van der Waals surface area contributed by atoms with Crippen molar-refractivity contribution < 1.29 is 9.47 Å². The lowest BCUT2D eigenvalue weighted by molar-refractivity contribution is 0.181. The van der Waals surface area contributed by atoms with Gasteiger partial charge in [-0.1, -0.05) is 29.8 Å². The van der Waals surface area contributed by atoms with Gasteiger partial charge in [0.25, 0.3) is 0 Å². The SMILES string of the molecule is COCCn1ncc(Cl)c1C(N)CCOc1ccccc1. The molecule has 2 aromatic rings. The zero-order valence-corrected chi connectivity index (χ0v) is 12.8. The Balaban J connectivity index is 1.90. The minimum atomic E-state index is -0.222. The minimum absolute atomic E-state index is 0.222.